The highest BCUT2D eigenvalue weighted by molar-refractivity contribution is 6.06. The minimum atomic E-state index is -1.06. The standard InChI is InChI=1S/C24H19N3O4/c1-14(22(28)18(13-25)23-26-19-9-5-6-10-20(19)27-23)31-24(29)17-11-12-21(30-2)16-8-4-3-7-15(16)17/h3-12,14,28H,1-2H3,(H,26,27)/b22-18-/t14-/m0/s1. The van der Waals surface area contributed by atoms with Gasteiger partial charge in [0.05, 0.1) is 23.7 Å². The van der Waals surface area contributed by atoms with Gasteiger partial charge in [-0.1, -0.05) is 36.4 Å². The lowest BCUT2D eigenvalue weighted by Gasteiger charge is -2.15. The van der Waals surface area contributed by atoms with Crippen LogP contribution < -0.4 is 4.74 Å². The Morgan fingerprint density at radius 1 is 1.10 bits per heavy atom. The van der Waals surface area contributed by atoms with Crippen LogP contribution in [0, 0.1) is 11.3 Å². The van der Waals surface area contributed by atoms with E-state index in [-0.39, 0.29) is 17.2 Å². The highest BCUT2D eigenvalue weighted by Crippen LogP contribution is 2.29. The zero-order valence-electron chi connectivity index (χ0n) is 16.9. The van der Waals surface area contributed by atoms with Crippen molar-refractivity contribution in [3.63, 3.8) is 0 Å². The summed E-state index contributed by atoms with van der Waals surface area (Å²) in [4.78, 5) is 20.2. The monoisotopic (exact) mass is 413 g/mol. The smallest absolute Gasteiger partial charge is 0.339 e. The molecule has 0 aliphatic rings. The first-order chi connectivity index (χ1) is 15.0. The predicted molar refractivity (Wildman–Crippen MR) is 117 cm³/mol. The highest BCUT2D eigenvalue weighted by Gasteiger charge is 2.23. The molecule has 154 valence electrons. The van der Waals surface area contributed by atoms with Gasteiger partial charge in [-0.3, -0.25) is 0 Å². The van der Waals surface area contributed by atoms with E-state index < -0.39 is 12.1 Å². The van der Waals surface area contributed by atoms with Crippen LogP contribution >= 0.6 is 0 Å². The number of carbonyl (C=O) groups is 1. The second-order valence-electron chi connectivity index (χ2n) is 6.88. The average Bonchev–Trinajstić information content (AvgIpc) is 3.22. The number of nitrogens with one attached hydrogen (secondary N) is 1. The lowest BCUT2D eigenvalue weighted by Crippen LogP contribution is -2.19. The van der Waals surface area contributed by atoms with Crippen molar-refractivity contribution in [1.82, 2.24) is 9.97 Å². The molecular weight excluding hydrogens is 394 g/mol. The van der Waals surface area contributed by atoms with Gasteiger partial charge < -0.3 is 19.6 Å². The molecule has 7 nitrogen and oxygen atoms in total. The summed E-state index contributed by atoms with van der Waals surface area (Å²) < 4.78 is 10.8. The SMILES string of the molecule is COc1ccc(C(=O)O[C@@H](C)/C(O)=C(\C#N)c2nc3ccccc3[nH]2)c2ccccc12. The van der Waals surface area contributed by atoms with Gasteiger partial charge in [0.1, 0.15) is 17.4 Å². The summed E-state index contributed by atoms with van der Waals surface area (Å²) in [5.41, 5.74) is 1.63. The zero-order valence-corrected chi connectivity index (χ0v) is 16.9. The van der Waals surface area contributed by atoms with Crippen molar-refractivity contribution in [3.8, 4) is 11.8 Å². The van der Waals surface area contributed by atoms with Crippen LogP contribution in [0.5, 0.6) is 5.75 Å². The Balaban J connectivity index is 1.65. The van der Waals surface area contributed by atoms with Crippen LogP contribution in [0.2, 0.25) is 0 Å². The van der Waals surface area contributed by atoms with Crippen molar-refractivity contribution in [3.05, 3.63) is 77.8 Å². The maximum Gasteiger partial charge on any atom is 0.339 e. The molecule has 4 rings (SSSR count). The summed E-state index contributed by atoms with van der Waals surface area (Å²) in [6.45, 7) is 1.50. The molecule has 0 saturated carbocycles. The number of nitrogens with zero attached hydrogens (tertiary/aromatic N) is 2. The van der Waals surface area contributed by atoms with Crippen LogP contribution in [0.15, 0.2) is 66.4 Å². The minimum Gasteiger partial charge on any atom is -0.507 e. The van der Waals surface area contributed by atoms with E-state index >= 15 is 0 Å². The van der Waals surface area contributed by atoms with Gasteiger partial charge in [-0.05, 0) is 36.6 Å². The zero-order chi connectivity index (χ0) is 22.0. The lowest BCUT2D eigenvalue weighted by atomic mass is 10.0. The number of rotatable bonds is 5. The Labute approximate surface area is 178 Å². The van der Waals surface area contributed by atoms with Gasteiger partial charge in [0.2, 0.25) is 0 Å². The minimum absolute atomic E-state index is 0.0870. The molecule has 1 heterocycles. The summed E-state index contributed by atoms with van der Waals surface area (Å²) in [5, 5.41) is 21.7. The molecule has 1 aromatic heterocycles. The van der Waals surface area contributed by atoms with Gasteiger partial charge in [-0.15, -0.1) is 0 Å². The van der Waals surface area contributed by atoms with Crippen molar-refractivity contribution in [2.24, 2.45) is 0 Å². The molecule has 0 fully saturated rings. The molecule has 0 saturated heterocycles. The van der Waals surface area contributed by atoms with Crippen LogP contribution in [-0.4, -0.2) is 34.3 Å². The number of aromatic nitrogens is 2. The molecule has 0 amide bonds. The summed E-state index contributed by atoms with van der Waals surface area (Å²) in [5.74, 6) is -0.161. The molecule has 7 heteroatoms. The molecule has 2 N–H and O–H groups in total. The number of allylic oxidation sites excluding steroid dienone is 1. The number of aliphatic hydroxyl groups excluding tert-OH is 1. The van der Waals surface area contributed by atoms with Gasteiger partial charge in [-0.25, -0.2) is 9.78 Å². The second kappa shape index (κ2) is 8.20. The van der Waals surface area contributed by atoms with Crippen LogP contribution in [0.3, 0.4) is 0 Å². The van der Waals surface area contributed by atoms with E-state index in [0.717, 1.165) is 10.9 Å². The number of aromatic amines is 1. The number of hydrogen-bond donors (Lipinski definition) is 2. The Hall–Kier alpha value is -4.31. The molecule has 0 radical (unpaired) electrons. The van der Waals surface area contributed by atoms with Gasteiger partial charge in [0.15, 0.2) is 17.7 Å². The Morgan fingerprint density at radius 3 is 2.52 bits per heavy atom. The fourth-order valence-corrected chi connectivity index (χ4v) is 3.41. The molecule has 0 unspecified atom stereocenters. The number of aliphatic hydroxyl groups is 1. The Morgan fingerprint density at radius 2 is 1.81 bits per heavy atom. The maximum absolute atomic E-state index is 12.9. The normalized spacial score (nSPS) is 12.8. The third kappa shape index (κ3) is 3.67. The second-order valence-corrected chi connectivity index (χ2v) is 6.88. The molecule has 0 bridgehead atoms. The first kappa shape index (κ1) is 20.0. The van der Waals surface area contributed by atoms with Crippen molar-refractivity contribution in [2.45, 2.75) is 13.0 Å². The molecule has 0 spiro atoms. The highest BCUT2D eigenvalue weighted by atomic mass is 16.6. The number of imidazole rings is 1. The number of benzene rings is 3. The van der Waals surface area contributed by atoms with Crippen LogP contribution in [0.25, 0.3) is 27.4 Å². The van der Waals surface area contributed by atoms with Crippen LogP contribution in [0.1, 0.15) is 23.1 Å². The fourth-order valence-electron chi connectivity index (χ4n) is 3.41. The fraction of sp³-hybridized carbons (Fsp3) is 0.125. The molecule has 0 aliphatic carbocycles. The molecule has 3 aromatic carbocycles. The topological polar surface area (TPSA) is 108 Å². The third-order valence-electron chi connectivity index (χ3n) is 4.99. The molecule has 1 atom stereocenters. The number of methoxy groups -OCH3 is 1. The van der Waals surface area contributed by atoms with E-state index in [1.54, 1.807) is 31.4 Å². The average molecular weight is 413 g/mol. The third-order valence-corrected chi connectivity index (χ3v) is 4.99. The number of esters is 1. The van der Waals surface area contributed by atoms with Crippen LogP contribution in [-0.2, 0) is 4.74 Å². The Kier molecular flexibility index (Phi) is 5.29. The van der Waals surface area contributed by atoms with E-state index in [2.05, 4.69) is 9.97 Å². The number of carbonyl (C=O) groups excluding carboxylic acids is 1. The van der Waals surface area contributed by atoms with Crippen molar-refractivity contribution in [1.29, 1.82) is 5.26 Å². The van der Waals surface area contributed by atoms with E-state index in [1.807, 2.05) is 42.5 Å². The summed E-state index contributed by atoms with van der Waals surface area (Å²) in [7, 11) is 1.56. The molecule has 4 aromatic rings. The van der Waals surface area contributed by atoms with Gasteiger partial charge >= 0.3 is 5.97 Å². The van der Waals surface area contributed by atoms with Gasteiger partial charge in [-0.2, -0.15) is 5.26 Å². The summed E-state index contributed by atoms with van der Waals surface area (Å²) in [6.07, 6.45) is -1.06. The summed E-state index contributed by atoms with van der Waals surface area (Å²) >= 11 is 0. The largest absolute Gasteiger partial charge is 0.507 e. The number of hydrogen-bond acceptors (Lipinski definition) is 6. The quantitative estimate of drug-likeness (QED) is 0.277. The van der Waals surface area contributed by atoms with Gasteiger partial charge in [0.25, 0.3) is 0 Å². The van der Waals surface area contributed by atoms with Gasteiger partial charge in [0, 0.05) is 5.39 Å². The summed E-state index contributed by atoms with van der Waals surface area (Å²) in [6, 6.07) is 19.8. The molecule has 31 heavy (non-hydrogen) atoms. The lowest BCUT2D eigenvalue weighted by molar-refractivity contribution is 0.0336. The van der Waals surface area contributed by atoms with Crippen molar-refractivity contribution < 1.29 is 19.4 Å². The predicted octanol–water partition coefficient (Wildman–Crippen LogP) is 4.76. The number of fused-ring (bicyclic) bond motifs is 2. The van der Waals surface area contributed by atoms with E-state index in [1.165, 1.54) is 6.92 Å². The molecular formula is C24H19N3O4. The number of para-hydroxylation sites is 2. The number of nitriles is 1. The molecule has 0 aliphatic heterocycles. The number of H-pyrrole nitrogens is 1. The van der Waals surface area contributed by atoms with E-state index in [9.17, 15) is 15.2 Å². The number of ether oxygens (including phenoxy) is 2. The Bertz CT molecular complexity index is 1330. The first-order valence-electron chi connectivity index (χ1n) is 9.58. The van der Waals surface area contributed by atoms with E-state index in [4.69, 9.17) is 9.47 Å². The van der Waals surface area contributed by atoms with E-state index in [0.29, 0.717) is 22.2 Å². The van der Waals surface area contributed by atoms with Crippen molar-refractivity contribution >= 4 is 33.3 Å². The van der Waals surface area contributed by atoms with Crippen molar-refractivity contribution in [2.75, 3.05) is 7.11 Å². The first-order valence-corrected chi connectivity index (χ1v) is 9.58. The van der Waals surface area contributed by atoms with Crippen LogP contribution in [0.4, 0.5) is 0 Å². The maximum atomic E-state index is 12.9.